The van der Waals surface area contributed by atoms with Crippen molar-refractivity contribution in [3.8, 4) is 11.8 Å². The van der Waals surface area contributed by atoms with Gasteiger partial charge in [-0.25, -0.2) is 0 Å². The molecule has 1 fully saturated rings. The molecule has 0 spiro atoms. The fourth-order valence-electron chi connectivity index (χ4n) is 4.18. The first-order chi connectivity index (χ1) is 14.1. The van der Waals surface area contributed by atoms with Gasteiger partial charge in [0.05, 0.1) is 18.7 Å². The molecular formula is C23H28N3O2S+. The van der Waals surface area contributed by atoms with E-state index >= 15 is 0 Å². The molecule has 1 amide bonds. The van der Waals surface area contributed by atoms with E-state index in [1.807, 2.05) is 12.1 Å². The Morgan fingerprint density at radius 2 is 2.07 bits per heavy atom. The summed E-state index contributed by atoms with van der Waals surface area (Å²) in [4.78, 5) is 15.4. The van der Waals surface area contributed by atoms with E-state index in [9.17, 15) is 10.1 Å². The highest BCUT2D eigenvalue weighted by Crippen LogP contribution is 2.39. The number of rotatable bonds is 7. The van der Waals surface area contributed by atoms with Crippen LogP contribution in [0.25, 0.3) is 0 Å². The van der Waals surface area contributed by atoms with Gasteiger partial charge in [-0.1, -0.05) is 6.92 Å². The highest BCUT2D eigenvalue weighted by molar-refractivity contribution is 7.16. The van der Waals surface area contributed by atoms with Crippen molar-refractivity contribution in [2.75, 3.05) is 19.0 Å². The zero-order valence-electron chi connectivity index (χ0n) is 17.1. The van der Waals surface area contributed by atoms with Gasteiger partial charge in [-0.2, -0.15) is 5.26 Å². The number of fused-ring (bicyclic) bond motifs is 1. The zero-order valence-corrected chi connectivity index (χ0v) is 17.9. The Bertz CT molecular complexity index is 925. The number of nitrogens with zero attached hydrogens (tertiary/aromatic N) is 1. The van der Waals surface area contributed by atoms with Gasteiger partial charge < -0.3 is 15.0 Å². The Hall–Kier alpha value is -2.36. The molecule has 1 aromatic heterocycles. The van der Waals surface area contributed by atoms with Crippen molar-refractivity contribution in [3.05, 3.63) is 45.8 Å². The minimum Gasteiger partial charge on any atom is -0.497 e. The number of carbonyl (C=O) groups excluding carboxylic acids is 1. The molecule has 1 heterocycles. The number of nitriles is 1. The summed E-state index contributed by atoms with van der Waals surface area (Å²) < 4.78 is 5.23. The number of nitrogens with one attached hydrogen (secondary N) is 2. The number of amides is 1. The van der Waals surface area contributed by atoms with Crippen LogP contribution in [0, 0.1) is 17.2 Å². The van der Waals surface area contributed by atoms with Crippen LogP contribution in [0.3, 0.4) is 0 Å². The number of ether oxygens (including phenoxy) is 1. The minimum absolute atomic E-state index is 0.00329. The lowest BCUT2D eigenvalue weighted by Gasteiger charge is -2.19. The number of benzene rings is 1. The number of hydrogen-bond acceptors (Lipinski definition) is 4. The number of thiophene rings is 1. The van der Waals surface area contributed by atoms with E-state index in [1.54, 1.807) is 18.4 Å². The summed E-state index contributed by atoms with van der Waals surface area (Å²) >= 11 is 1.60. The maximum absolute atomic E-state index is 12.8. The highest BCUT2D eigenvalue weighted by Gasteiger charge is 2.35. The van der Waals surface area contributed by atoms with Gasteiger partial charge in [0.1, 0.15) is 23.4 Å². The quantitative estimate of drug-likeness (QED) is 0.738. The first-order valence-electron chi connectivity index (χ1n) is 10.4. The summed E-state index contributed by atoms with van der Waals surface area (Å²) in [7, 11) is 1.67. The standard InChI is InChI=1S/C23H27N3O2S/c1-15-3-10-19-20(12-24)23(29-21(19)11-15)25-22(27)14-26(17-6-7-17)13-16-4-8-18(28-2)9-5-16/h4-5,8-9,15,17H,3,6-7,10-11,13-14H2,1-2H3,(H,25,27)/p+1/t15-/m1/s1. The van der Waals surface area contributed by atoms with Crippen molar-refractivity contribution in [2.24, 2.45) is 5.92 Å². The topological polar surface area (TPSA) is 66.6 Å². The molecule has 6 heteroatoms. The van der Waals surface area contributed by atoms with Crippen molar-refractivity contribution < 1.29 is 14.4 Å². The maximum atomic E-state index is 12.8. The van der Waals surface area contributed by atoms with Gasteiger partial charge in [-0.15, -0.1) is 11.3 Å². The monoisotopic (exact) mass is 410 g/mol. The van der Waals surface area contributed by atoms with Crippen LogP contribution in [0.2, 0.25) is 0 Å². The second-order valence-electron chi connectivity index (χ2n) is 8.35. The largest absolute Gasteiger partial charge is 0.497 e. The van der Waals surface area contributed by atoms with Crippen LogP contribution in [-0.2, 0) is 24.2 Å². The predicted octanol–water partition coefficient (Wildman–Crippen LogP) is 2.94. The molecular weight excluding hydrogens is 382 g/mol. The summed E-state index contributed by atoms with van der Waals surface area (Å²) in [5.41, 5.74) is 3.06. The molecule has 2 atom stereocenters. The molecule has 0 radical (unpaired) electrons. The van der Waals surface area contributed by atoms with Gasteiger partial charge in [0.2, 0.25) is 0 Å². The highest BCUT2D eigenvalue weighted by atomic mass is 32.1. The first-order valence-corrected chi connectivity index (χ1v) is 11.2. The fourth-order valence-corrected chi connectivity index (χ4v) is 5.56. The van der Waals surface area contributed by atoms with E-state index < -0.39 is 0 Å². The van der Waals surface area contributed by atoms with E-state index in [1.165, 1.54) is 28.2 Å². The number of carbonyl (C=O) groups is 1. The molecule has 2 N–H and O–H groups in total. The average molecular weight is 411 g/mol. The number of hydrogen-bond donors (Lipinski definition) is 2. The van der Waals surface area contributed by atoms with Crippen LogP contribution >= 0.6 is 11.3 Å². The van der Waals surface area contributed by atoms with E-state index in [2.05, 4.69) is 30.4 Å². The van der Waals surface area contributed by atoms with E-state index in [4.69, 9.17) is 4.74 Å². The summed E-state index contributed by atoms with van der Waals surface area (Å²) in [6.07, 6.45) is 5.43. The molecule has 1 aromatic carbocycles. The number of quaternary nitrogens is 1. The predicted molar refractivity (Wildman–Crippen MR) is 114 cm³/mol. The number of methoxy groups -OCH3 is 1. The van der Waals surface area contributed by atoms with Crippen LogP contribution in [0.5, 0.6) is 5.75 Å². The lowest BCUT2D eigenvalue weighted by molar-refractivity contribution is -0.916. The van der Waals surface area contributed by atoms with Gasteiger partial charge in [0.15, 0.2) is 6.54 Å². The average Bonchev–Trinajstić information content (AvgIpc) is 3.50. The molecule has 0 aliphatic heterocycles. The van der Waals surface area contributed by atoms with Crippen LogP contribution in [-0.4, -0.2) is 25.6 Å². The third-order valence-electron chi connectivity index (χ3n) is 6.01. The van der Waals surface area contributed by atoms with Crippen LogP contribution in [0.1, 0.15) is 47.8 Å². The molecule has 0 bridgehead atoms. The van der Waals surface area contributed by atoms with Gasteiger partial charge in [0, 0.05) is 23.3 Å². The summed E-state index contributed by atoms with van der Waals surface area (Å²) in [6, 6.07) is 11.0. The smallest absolute Gasteiger partial charge is 0.280 e. The Kier molecular flexibility index (Phi) is 5.89. The second kappa shape index (κ2) is 8.56. The molecule has 2 aliphatic carbocycles. The Morgan fingerprint density at radius 1 is 1.31 bits per heavy atom. The van der Waals surface area contributed by atoms with Gasteiger partial charge in [-0.05, 0) is 55.0 Å². The molecule has 29 heavy (non-hydrogen) atoms. The zero-order chi connectivity index (χ0) is 20.4. The molecule has 152 valence electrons. The molecule has 2 aromatic rings. The fraction of sp³-hybridized carbons (Fsp3) is 0.478. The minimum atomic E-state index is 0.00329. The Morgan fingerprint density at radius 3 is 2.72 bits per heavy atom. The van der Waals surface area contributed by atoms with Gasteiger partial charge >= 0.3 is 0 Å². The van der Waals surface area contributed by atoms with Crippen molar-refractivity contribution in [2.45, 2.75) is 51.6 Å². The summed E-state index contributed by atoms with van der Waals surface area (Å²) in [5.74, 6) is 1.50. The van der Waals surface area contributed by atoms with Gasteiger partial charge in [0.25, 0.3) is 5.91 Å². The summed E-state index contributed by atoms with van der Waals surface area (Å²) in [5, 5.41) is 13.5. The van der Waals surface area contributed by atoms with Crippen molar-refractivity contribution >= 4 is 22.2 Å². The lowest BCUT2D eigenvalue weighted by atomic mass is 9.89. The normalized spacial score (nSPS) is 19.1. The lowest BCUT2D eigenvalue weighted by Crippen LogP contribution is -3.13. The third-order valence-corrected chi connectivity index (χ3v) is 7.18. The molecule has 0 saturated heterocycles. The van der Waals surface area contributed by atoms with E-state index in [-0.39, 0.29) is 5.91 Å². The Balaban J connectivity index is 1.43. The molecule has 5 nitrogen and oxygen atoms in total. The van der Waals surface area contributed by atoms with Crippen LogP contribution < -0.4 is 15.0 Å². The maximum Gasteiger partial charge on any atom is 0.280 e. The van der Waals surface area contributed by atoms with E-state index in [0.29, 0.717) is 24.1 Å². The molecule has 4 rings (SSSR count). The molecule has 2 aliphatic rings. The molecule has 1 saturated carbocycles. The van der Waals surface area contributed by atoms with E-state index in [0.717, 1.165) is 42.1 Å². The van der Waals surface area contributed by atoms with Gasteiger partial charge in [-0.3, -0.25) is 4.79 Å². The molecule has 1 unspecified atom stereocenters. The number of anilines is 1. The first kappa shape index (κ1) is 19.9. The third kappa shape index (κ3) is 4.63. The second-order valence-corrected chi connectivity index (χ2v) is 9.46. The van der Waals surface area contributed by atoms with Crippen LogP contribution in [0.15, 0.2) is 24.3 Å². The van der Waals surface area contributed by atoms with Crippen molar-refractivity contribution in [3.63, 3.8) is 0 Å². The summed E-state index contributed by atoms with van der Waals surface area (Å²) in [6.45, 7) is 3.51. The SMILES string of the molecule is COc1ccc(C[NH+](CC(=O)Nc2sc3c(c2C#N)CC[C@@H](C)C3)C2CC2)cc1. The Labute approximate surface area is 176 Å². The van der Waals surface area contributed by atoms with Crippen LogP contribution in [0.4, 0.5) is 5.00 Å². The van der Waals surface area contributed by atoms with Crippen molar-refractivity contribution in [1.29, 1.82) is 5.26 Å². The van der Waals surface area contributed by atoms with Crippen molar-refractivity contribution in [1.82, 2.24) is 0 Å².